The maximum atomic E-state index is 8.95. The summed E-state index contributed by atoms with van der Waals surface area (Å²) in [5.41, 5.74) is 6.81. The molecule has 0 spiro atoms. The van der Waals surface area contributed by atoms with Crippen LogP contribution in [0.2, 0.25) is 5.02 Å². The predicted octanol–water partition coefficient (Wildman–Crippen LogP) is 2.36. The van der Waals surface area contributed by atoms with Gasteiger partial charge in [-0.2, -0.15) is 5.26 Å². The van der Waals surface area contributed by atoms with Crippen LogP contribution in [0.1, 0.15) is 18.9 Å². The third-order valence-electron chi connectivity index (χ3n) is 2.26. The van der Waals surface area contributed by atoms with Crippen LogP contribution in [0.3, 0.4) is 0 Å². The number of hydrogen-bond donors (Lipinski definition) is 2. The first-order valence-electron chi connectivity index (χ1n) is 4.88. The van der Waals surface area contributed by atoms with E-state index in [4.69, 9.17) is 22.6 Å². The molecule has 1 rings (SSSR count). The van der Waals surface area contributed by atoms with Crippen LogP contribution < -0.4 is 11.1 Å². The molecule has 0 aliphatic heterocycles. The second kappa shape index (κ2) is 5.59. The number of nitrogens with two attached hydrogens (primary N) is 1. The Morgan fingerprint density at radius 1 is 1.60 bits per heavy atom. The molecule has 4 heteroatoms. The van der Waals surface area contributed by atoms with Crippen LogP contribution in [0, 0.1) is 11.3 Å². The van der Waals surface area contributed by atoms with E-state index in [1.165, 1.54) is 0 Å². The standard InChI is InChI=1S/C11H14ClN3/c1-2-8(6-13)15-11-5-3-4-10(12)9(11)7-14/h3-5,8,15H,2,6,13H2,1H3. The maximum absolute atomic E-state index is 8.95. The third kappa shape index (κ3) is 2.85. The molecule has 15 heavy (non-hydrogen) atoms. The van der Waals surface area contributed by atoms with Crippen molar-refractivity contribution in [3.63, 3.8) is 0 Å². The molecule has 1 atom stereocenters. The predicted molar refractivity (Wildman–Crippen MR) is 62.9 cm³/mol. The van der Waals surface area contributed by atoms with Gasteiger partial charge in [0, 0.05) is 12.6 Å². The number of nitrogens with zero attached hydrogens (tertiary/aromatic N) is 1. The maximum Gasteiger partial charge on any atom is 0.103 e. The fourth-order valence-electron chi connectivity index (χ4n) is 1.31. The van der Waals surface area contributed by atoms with Crippen molar-refractivity contribution in [1.29, 1.82) is 5.26 Å². The molecule has 0 amide bonds. The van der Waals surface area contributed by atoms with E-state index in [9.17, 15) is 0 Å². The van der Waals surface area contributed by atoms with Gasteiger partial charge in [-0.05, 0) is 18.6 Å². The minimum atomic E-state index is 0.176. The molecule has 0 saturated carbocycles. The van der Waals surface area contributed by atoms with Gasteiger partial charge in [-0.3, -0.25) is 0 Å². The number of nitriles is 1. The highest BCUT2D eigenvalue weighted by atomic mass is 35.5. The number of benzene rings is 1. The summed E-state index contributed by atoms with van der Waals surface area (Å²) in [4.78, 5) is 0. The van der Waals surface area contributed by atoms with Gasteiger partial charge in [-0.15, -0.1) is 0 Å². The third-order valence-corrected chi connectivity index (χ3v) is 2.58. The van der Waals surface area contributed by atoms with Gasteiger partial charge in [0.1, 0.15) is 6.07 Å². The smallest absolute Gasteiger partial charge is 0.103 e. The lowest BCUT2D eigenvalue weighted by molar-refractivity contribution is 0.703. The molecular weight excluding hydrogens is 210 g/mol. The Morgan fingerprint density at radius 2 is 2.33 bits per heavy atom. The molecule has 3 nitrogen and oxygen atoms in total. The van der Waals surface area contributed by atoms with Gasteiger partial charge in [-0.25, -0.2) is 0 Å². The van der Waals surface area contributed by atoms with Crippen LogP contribution in [0.5, 0.6) is 0 Å². The summed E-state index contributed by atoms with van der Waals surface area (Å²) in [7, 11) is 0. The van der Waals surface area contributed by atoms with Crippen molar-refractivity contribution in [2.75, 3.05) is 11.9 Å². The Bertz CT molecular complexity index is 367. The van der Waals surface area contributed by atoms with E-state index in [0.29, 0.717) is 17.1 Å². The van der Waals surface area contributed by atoms with E-state index in [1.54, 1.807) is 6.07 Å². The highest BCUT2D eigenvalue weighted by molar-refractivity contribution is 6.32. The van der Waals surface area contributed by atoms with Crippen molar-refractivity contribution in [3.8, 4) is 6.07 Å². The SMILES string of the molecule is CCC(CN)Nc1cccc(Cl)c1C#N. The molecule has 0 saturated heterocycles. The van der Waals surface area contributed by atoms with Gasteiger partial charge < -0.3 is 11.1 Å². The summed E-state index contributed by atoms with van der Waals surface area (Å²) < 4.78 is 0. The quantitative estimate of drug-likeness (QED) is 0.824. The Morgan fingerprint density at radius 3 is 2.87 bits per heavy atom. The van der Waals surface area contributed by atoms with Crippen molar-refractivity contribution in [1.82, 2.24) is 0 Å². The van der Waals surface area contributed by atoms with E-state index >= 15 is 0 Å². The van der Waals surface area contributed by atoms with Gasteiger partial charge in [-0.1, -0.05) is 24.6 Å². The summed E-state index contributed by atoms with van der Waals surface area (Å²) in [6.07, 6.45) is 0.911. The molecule has 0 radical (unpaired) electrons. The van der Waals surface area contributed by atoms with E-state index in [0.717, 1.165) is 12.1 Å². The largest absolute Gasteiger partial charge is 0.380 e. The summed E-state index contributed by atoms with van der Waals surface area (Å²) in [6.45, 7) is 2.58. The van der Waals surface area contributed by atoms with Gasteiger partial charge in [0.05, 0.1) is 16.3 Å². The number of halogens is 1. The van der Waals surface area contributed by atoms with Gasteiger partial charge in [0.2, 0.25) is 0 Å². The summed E-state index contributed by atoms with van der Waals surface area (Å²) in [5.74, 6) is 0. The van der Waals surface area contributed by atoms with Crippen LogP contribution in [0.25, 0.3) is 0 Å². The Hall–Kier alpha value is -1.24. The van der Waals surface area contributed by atoms with Gasteiger partial charge in [0.25, 0.3) is 0 Å². The number of anilines is 1. The first-order chi connectivity index (χ1) is 7.22. The van der Waals surface area contributed by atoms with Crippen molar-refractivity contribution in [2.45, 2.75) is 19.4 Å². The molecule has 1 unspecified atom stereocenters. The molecule has 0 bridgehead atoms. The van der Waals surface area contributed by atoms with Crippen LogP contribution >= 0.6 is 11.6 Å². The zero-order chi connectivity index (χ0) is 11.3. The Kier molecular flexibility index (Phi) is 4.41. The highest BCUT2D eigenvalue weighted by Gasteiger charge is 2.09. The molecule has 0 fully saturated rings. The molecule has 1 aromatic rings. The van der Waals surface area contributed by atoms with E-state index in [2.05, 4.69) is 11.4 Å². The normalized spacial score (nSPS) is 11.9. The molecule has 0 aromatic heterocycles. The summed E-state index contributed by atoms with van der Waals surface area (Å²) >= 11 is 5.91. The lowest BCUT2D eigenvalue weighted by Gasteiger charge is -2.17. The lowest BCUT2D eigenvalue weighted by atomic mass is 10.1. The fourth-order valence-corrected chi connectivity index (χ4v) is 1.52. The average molecular weight is 224 g/mol. The Balaban J connectivity index is 2.95. The molecular formula is C11H14ClN3. The van der Waals surface area contributed by atoms with E-state index in [-0.39, 0.29) is 6.04 Å². The van der Waals surface area contributed by atoms with Crippen molar-refractivity contribution in [2.24, 2.45) is 5.73 Å². The van der Waals surface area contributed by atoms with E-state index in [1.807, 2.05) is 19.1 Å². The van der Waals surface area contributed by atoms with Crippen LogP contribution in [-0.2, 0) is 0 Å². The first-order valence-corrected chi connectivity index (χ1v) is 5.26. The van der Waals surface area contributed by atoms with Crippen molar-refractivity contribution >= 4 is 17.3 Å². The van der Waals surface area contributed by atoms with Crippen molar-refractivity contribution < 1.29 is 0 Å². The summed E-state index contributed by atoms with van der Waals surface area (Å²) in [5, 5.41) is 12.6. The second-order valence-corrected chi connectivity index (χ2v) is 3.67. The minimum absolute atomic E-state index is 0.176. The van der Waals surface area contributed by atoms with Gasteiger partial charge >= 0.3 is 0 Å². The molecule has 0 aliphatic rings. The number of nitrogens with one attached hydrogen (secondary N) is 1. The molecule has 3 N–H and O–H groups in total. The summed E-state index contributed by atoms with van der Waals surface area (Å²) in [6, 6.07) is 7.61. The molecule has 0 heterocycles. The average Bonchev–Trinajstić information content (AvgIpc) is 2.26. The van der Waals surface area contributed by atoms with Crippen LogP contribution in [0.15, 0.2) is 18.2 Å². The number of rotatable bonds is 4. The molecule has 80 valence electrons. The highest BCUT2D eigenvalue weighted by Crippen LogP contribution is 2.23. The Labute approximate surface area is 94.8 Å². The number of hydrogen-bond acceptors (Lipinski definition) is 3. The van der Waals surface area contributed by atoms with Crippen LogP contribution in [-0.4, -0.2) is 12.6 Å². The molecule has 1 aromatic carbocycles. The lowest BCUT2D eigenvalue weighted by Crippen LogP contribution is -2.28. The van der Waals surface area contributed by atoms with E-state index < -0.39 is 0 Å². The van der Waals surface area contributed by atoms with Crippen LogP contribution in [0.4, 0.5) is 5.69 Å². The second-order valence-electron chi connectivity index (χ2n) is 3.26. The minimum Gasteiger partial charge on any atom is -0.380 e. The topological polar surface area (TPSA) is 61.8 Å². The zero-order valence-corrected chi connectivity index (χ0v) is 9.38. The monoisotopic (exact) mass is 223 g/mol. The zero-order valence-electron chi connectivity index (χ0n) is 8.63. The van der Waals surface area contributed by atoms with Gasteiger partial charge in [0.15, 0.2) is 0 Å². The first kappa shape index (κ1) is 11.8. The van der Waals surface area contributed by atoms with Crippen molar-refractivity contribution in [3.05, 3.63) is 28.8 Å². The fraction of sp³-hybridized carbons (Fsp3) is 0.364. The molecule has 0 aliphatic carbocycles.